The molecule has 144 valence electrons. The molecule has 6 nitrogen and oxygen atoms in total. The molecular weight excluding hydrogens is 409 g/mol. The van der Waals surface area contributed by atoms with Crippen molar-refractivity contribution in [3.05, 3.63) is 44.4 Å². The van der Waals surface area contributed by atoms with Gasteiger partial charge in [-0.25, -0.2) is 9.78 Å². The number of nitrogens with zero attached hydrogens (tertiary/aromatic N) is 2. The molecule has 3 rings (SSSR count). The molecule has 0 saturated carbocycles. The number of fused-ring (bicyclic) bond motifs is 1. The summed E-state index contributed by atoms with van der Waals surface area (Å²) < 4.78 is 5.42. The van der Waals surface area contributed by atoms with Gasteiger partial charge in [0.05, 0.1) is 27.8 Å². The van der Waals surface area contributed by atoms with E-state index in [9.17, 15) is 9.59 Å². The average Bonchev–Trinajstić information content (AvgIpc) is 2.96. The largest absolute Gasteiger partial charge is 0.444 e. The van der Waals surface area contributed by atoms with Crippen LogP contribution in [0.1, 0.15) is 41.7 Å². The van der Waals surface area contributed by atoms with Crippen molar-refractivity contribution >= 4 is 51.7 Å². The Balaban J connectivity index is 1.71. The highest BCUT2D eigenvalue weighted by Gasteiger charge is 2.28. The Hall–Kier alpha value is -1.83. The molecule has 0 fully saturated rings. The van der Waals surface area contributed by atoms with Crippen LogP contribution in [-0.4, -0.2) is 34.0 Å². The van der Waals surface area contributed by atoms with Gasteiger partial charge in [-0.3, -0.25) is 10.1 Å². The zero-order valence-corrected chi connectivity index (χ0v) is 17.5. The Bertz CT molecular complexity index is 892. The second-order valence-corrected chi connectivity index (χ2v) is 8.97. The van der Waals surface area contributed by atoms with Crippen LogP contribution in [-0.2, 0) is 17.7 Å². The van der Waals surface area contributed by atoms with Crippen molar-refractivity contribution in [2.75, 3.05) is 11.9 Å². The van der Waals surface area contributed by atoms with Crippen molar-refractivity contribution < 1.29 is 14.3 Å². The quantitative estimate of drug-likeness (QED) is 0.731. The number of nitrogens with one attached hydrogen (secondary N) is 1. The molecule has 0 bridgehead atoms. The number of ether oxygens (including phenoxy) is 1. The molecule has 0 saturated heterocycles. The fraction of sp³-hybridized carbons (Fsp3) is 0.389. The fourth-order valence-corrected chi connectivity index (χ4v) is 3.98. The van der Waals surface area contributed by atoms with E-state index in [1.165, 1.54) is 11.3 Å². The first-order chi connectivity index (χ1) is 12.6. The molecule has 0 radical (unpaired) electrons. The van der Waals surface area contributed by atoms with Gasteiger partial charge in [-0.1, -0.05) is 40.6 Å². The van der Waals surface area contributed by atoms with Gasteiger partial charge in [0.2, 0.25) is 0 Å². The second kappa shape index (κ2) is 7.66. The molecule has 1 aliphatic heterocycles. The molecule has 9 heteroatoms. The lowest BCUT2D eigenvalue weighted by Crippen LogP contribution is -2.39. The molecular formula is C18H19Cl2N3O3S. The van der Waals surface area contributed by atoms with Gasteiger partial charge in [-0.05, 0) is 32.9 Å². The number of anilines is 1. The molecule has 0 spiro atoms. The van der Waals surface area contributed by atoms with Crippen molar-refractivity contribution in [2.45, 2.75) is 39.3 Å². The van der Waals surface area contributed by atoms with E-state index in [0.29, 0.717) is 29.7 Å². The number of halogens is 2. The van der Waals surface area contributed by atoms with Crippen molar-refractivity contribution in [1.29, 1.82) is 0 Å². The lowest BCUT2D eigenvalue weighted by Gasteiger charge is -2.29. The zero-order valence-electron chi connectivity index (χ0n) is 15.1. The Morgan fingerprint density at radius 2 is 2.04 bits per heavy atom. The van der Waals surface area contributed by atoms with E-state index >= 15 is 0 Å². The minimum atomic E-state index is -0.541. The number of benzene rings is 1. The van der Waals surface area contributed by atoms with E-state index in [1.807, 2.05) is 20.8 Å². The topological polar surface area (TPSA) is 71.5 Å². The number of thiazole rings is 1. The van der Waals surface area contributed by atoms with Crippen LogP contribution in [0, 0.1) is 0 Å². The number of hydrogen-bond acceptors (Lipinski definition) is 5. The van der Waals surface area contributed by atoms with Gasteiger partial charge in [0.25, 0.3) is 5.91 Å². The van der Waals surface area contributed by atoms with Crippen LogP contribution in [0.4, 0.5) is 9.93 Å². The average molecular weight is 428 g/mol. The normalized spacial score (nSPS) is 13.9. The molecule has 0 aliphatic carbocycles. The van der Waals surface area contributed by atoms with E-state index in [-0.39, 0.29) is 22.6 Å². The van der Waals surface area contributed by atoms with Crippen LogP contribution in [0.25, 0.3) is 0 Å². The second-order valence-electron chi connectivity index (χ2n) is 7.10. The SMILES string of the molecule is CC(C)(C)OC(=O)N1CCc2nc(NC(=O)c3cccc(Cl)c3Cl)sc2C1. The van der Waals surface area contributed by atoms with Crippen LogP contribution >= 0.6 is 34.5 Å². The molecule has 0 unspecified atom stereocenters. The Morgan fingerprint density at radius 1 is 1.30 bits per heavy atom. The molecule has 2 aromatic rings. The van der Waals surface area contributed by atoms with Gasteiger partial charge in [-0.15, -0.1) is 0 Å². The van der Waals surface area contributed by atoms with Gasteiger partial charge >= 0.3 is 6.09 Å². The summed E-state index contributed by atoms with van der Waals surface area (Å²) in [5.74, 6) is -0.377. The standard InChI is InChI=1S/C18H19Cl2N3O3S/c1-18(2,3)26-17(25)23-8-7-12-13(9-23)27-16(21-12)22-15(24)10-5-4-6-11(19)14(10)20/h4-6H,7-9H2,1-3H3,(H,21,22,24). The van der Waals surface area contributed by atoms with E-state index in [2.05, 4.69) is 10.3 Å². The highest BCUT2D eigenvalue weighted by Crippen LogP contribution is 2.31. The summed E-state index contributed by atoms with van der Waals surface area (Å²) in [5.41, 5.74) is 0.625. The van der Waals surface area contributed by atoms with Crippen LogP contribution < -0.4 is 5.32 Å². The summed E-state index contributed by atoms with van der Waals surface area (Å²) in [7, 11) is 0. The lowest BCUT2D eigenvalue weighted by atomic mass is 10.2. The summed E-state index contributed by atoms with van der Waals surface area (Å²) in [6, 6.07) is 4.88. The summed E-state index contributed by atoms with van der Waals surface area (Å²) in [6.07, 6.45) is 0.261. The van der Waals surface area contributed by atoms with Gasteiger partial charge in [-0.2, -0.15) is 0 Å². The van der Waals surface area contributed by atoms with E-state index in [0.717, 1.165) is 10.6 Å². The molecule has 2 heterocycles. The number of aromatic nitrogens is 1. The third-order valence-electron chi connectivity index (χ3n) is 3.80. The minimum Gasteiger partial charge on any atom is -0.444 e. The maximum Gasteiger partial charge on any atom is 0.410 e. The number of carbonyl (C=O) groups is 2. The highest BCUT2D eigenvalue weighted by molar-refractivity contribution is 7.15. The van der Waals surface area contributed by atoms with Gasteiger partial charge in [0.15, 0.2) is 5.13 Å². The van der Waals surface area contributed by atoms with Gasteiger partial charge in [0.1, 0.15) is 5.60 Å². The number of rotatable bonds is 2. The van der Waals surface area contributed by atoms with Crippen LogP contribution in [0.3, 0.4) is 0 Å². The van der Waals surface area contributed by atoms with Gasteiger partial charge < -0.3 is 9.64 Å². The molecule has 1 N–H and O–H groups in total. The molecule has 1 aromatic carbocycles. The molecule has 27 heavy (non-hydrogen) atoms. The van der Waals surface area contributed by atoms with Crippen molar-refractivity contribution in [2.24, 2.45) is 0 Å². The maximum absolute atomic E-state index is 12.5. The van der Waals surface area contributed by atoms with Crippen molar-refractivity contribution in [3.63, 3.8) is 0 Å². The minimum absolute atomic E-state index is 0.203. The fourth-order valence-electron chi connectivity index (χ4n) is 2.57. The highest BCUT2D eigenvalue weighted by atomic mass is 35.5. The third-order valence-corrected chi connectivity index (χ3v) is 5.62. The van der Waals surface area contributed by atoms with Gasteiger partial charge in [0, 0.05) is 17.8 Å². The molecule has 1 aliphatic rings. The van der Waals surface area contributed by atoms with Crippen LogP contribution in [0.2, 0.25) is 10.0 Å². The molecule has 2 amide bonds. The first-order valence-corrected chi connectivity index (χ1v) is 9.93. The van der Waals surface area contributed by atoms with Crippen molar-refractivity contribution in [1.82, 2.24) is 9.88 Å². The lowest BCUT2D eigenvalue weighted by molar-refractivity contribution is 0.0225. The first kappa shape index (κ1) is 19.9. The summed E-state index contributed by atoms with van der Waals surface area (Å²) >= 11 is 13.4. The number of carbonyl (C=O) groups excluding carboxylic acids is 2. The van der Waals surface area contributed by atoms with E-state index in [1.54, 1.807) is 23.1 Å². The monoisotopic (exact) mass is 427 g/mol. The van der Waals surface area contributed by atoms with Crippen molar-refractivity contribution in [3.8, 4) is 0 Å². The maximum atomic E-state index is 12.5. The van der Waals surface area contributed by atoms with Crippen LogP contribution in [0.5, 0.6) is 0 Å². The Kier molecular flexibility index (Phi) is 5.65. The first-order valence-electron chi connectivity index (χ1n) is 8.36. The van der Waals surface area contributed by atoms with E-state index in [4.69, 9.17) is 27.9 Å². The van der Waals surface area contributed by atoms with Crippen LogP contribution in [0.15, 0.2) is 18.2 Å². The number of amides is 2. The predicted molar refractivity (Wildman–Crippen MR) is 107 cm³/mol. The summed E-state index contributed by atoms with van der Waals surface area (Å²) in [4.78, 5) is 31.8. The predicted octanol–water partition coefficient (Wildman–Crippen LogP) is 5.00. The third kappa shape index (κ3) is 4.72. The summed E-state index contributed by atoms with van der Waals surface area (Å²) in [5, 5.41) is 3.74. The number of hydrogen-bond donors (Lipinski definition) is 1. The molecule has 0 atom stereocenters. The summed E-state index contributed by atoms with van der Waals surface area (Å²) in [6.45, 7) is 6.44. The van der Waals surface area contributed by atoms with E-state index < -0.39 is 5.60 Å². The molecule has 1 aromatic heterocycles. The smallest absolute Gasteiger partial charge is 0.410 e. The Labute approximate surface area is 171 Å². The Morgan fingerprint density at radius 3 is 2.74 bits per heavy atom. The zero-order chi connectivity index (χ0) is 19.8.